The summed E-state index contributed by atoms with van der Waals surface area (Å²) in [6, 6.07) is 43.7. The van der Waals surface area contributed by atoms with Crippen LogP contribution in [0.25, 0.3) is 0 Å². The van der Waals surface area contributed by atoms with Gasteiger partial charge in [-0.15, -0.1) is 0 Å². The van der Waals surface area contributed by atoms with Crippen LogP contribution in [-0.2, 0) is 0 Å². The number of anilines is 5. The van der Waals surface area contributed by atoms with E-state index in [1.165, 1.54) is 50.3 Å². The van der Waals surface area contributed by atoms with Crippen LogP contribution in [0.3, 0.4) is 0 Å². The third-order valence-corrected chi connectivity index (χ3v) is 9.08. The molecular formula is C39H33BN2O. The monoisotopic (exact) mass is 556 g/mol. The van der Waals surface area contributed by atoms with Gasteiger partial charge in [0.25, 0.3) is 6.71 Å². The fourth-order valence-electron chi connectivity index (χ4n) is 7.18. The number of allylic oxidation sites excluding steroid dienone is 3. The molecule has 0 saturated carbocycles. The van der Waals surface area contributed by atoms with E-state index in [-0.39, 0.29) is 12.6 Å². The van der Waals surface area contributed by atoms with Gasteiger partial charge in [0.15, 0.2) is 0 Å². The average molecular weight is 557 g/mol. The molecule has 5 aromatic rings. The first-order valence-corrected chi connectivity index (χ1v) is 15.2. The fraction of sp³-hybridized carbons (Fsp3) is 0.128. The number of ether oxygens (including phenoxy) is 1. The molecular weight excluding hydrogens is 523 g/mol. The standard InChI is InChI=1S/C39H33BN2O/c1-26-17-20-31(21-18-26)42-34-22-19-27(2)23-33(34)40-38-28(3)24-32(25-37(38)43-36-16-10-15-35(42)39(36)40)41(29-11-6-4-7-12-29)30-13-8-5-9-14-30/h4-23,25,28H,24H2,1-3H3. The molecule has 2 aliphatic heterocycles. The number of fused-ring (bicyclic) bond motifs is 3. The van der Waals surface area contributed by atoms with Crippen LogP contribution in [0.1, 0.15) is 24.5 Å². The Bertz CT molecular complexity index is 1870. The zero-order valence-corrected chi connectivity index (χ0v) is 24.8. The van der Waals surface area contributed by atoms with Gasteiger partial charge >= 0.3 is 0 Å². The van der Waals surface area contributed by atoms with E-state index < -0.39 is 0 Å². The predicted molar refractivity (Wildman–Crippen MR) is 180 cm³/mol. The van der Waals surface area contributed by atoms with Gasteiger partial charge in [-0.05, 0) is 103 Å². The molecule has 3 aliphatic rings. The highest BCUT2D eigenvalue weighted by Gasteiger charge is 2.45. The minimum absolute atomic E-state index is 0.140. The largest absolute Gasteiger partial charge is 0.459 e. The molecule has 43 heavy (non-hydrogen) atoms. The highest BCUT2D eigenvalue weighted by Crippen LogP contribution is 2.46. The normalized spacial score (nSPS) is 16.5. The Labute approximate surface area is 254 Å². The molecule has 3 nitrogen and oxygen atoms in total. The molecule has 0 radical (unpaired) electrons. The first-order valence-electron chi connectivity index (χ1n) is 15.2. The predicted octanol–water partition coefficient (Wildman–Crippen LogP) is 8.64. The number of rotatable bonds is 4. The third-order valence-electron chi connectivity index (χ3n) is 9.08. The second-order valence-corrected chi connectivity index (χ2v) is 12.0. The molecule has 1 atom stereocenters. The van der Waals surface area contributed by atoms with E-state index in [1.54, 1.807) is 0 Å². The summed E-state index contributed by atoms with van der Waals surface area (Å²) < 4.78 is 6.90. The molecule has 0 saturated heterocycles. The van der Waals surface area contributed by atoms with Crippen molar-refractivity contribution in [1.29, 1.82) is 0 Å². The summed E-state index contributed by atoms with van der Waals surface area (Å²) in [4.78, 5) is 4.80. The Kier molecular flexibility index (Phi) is 6.04. The van der Waals surface area contributed by atoms with E-state index in [0.717, 1.165) is 29.3 Å². The van der Waals surface area contributed by atoms with Crippen molar-refractivity contribution in [2.75, 3.05) is 9.80 Å². The summed E-state index contributed by atoms with van der Waals surface area (Å²) in [5.74, 6) is 2.22. The molecule has 2 heterocycles. The van der Waals surface area contributed by atoms with Crippen LogP contribution in [0.4, 0.5) is 28.4 Å². The van der Waals surface area contributed by atoms with Crippen molar-refractivity contribution in [2.24, 2.45) is 5.92 Å². The van der Waals surface area contributed by atoms with Gasteiger partial charge in [0, 0.05) is 34.1 Å². The zero-order valence-electron chi connectivity index (χ0n) is 24.8. The average Bonchev–Trinajstić information content (AvgIpc) is 3.03. The lowest BCUT2D eigenvalue weighted by molar-refractivity contribution is 0.424. The first kappa shape index (κ1) is 25.7. The highest BCUT2D eigenvalue weighted by molar-refractivity contribution is 6.94. The molecule has 8 rings (SSSR count). The maximum atomic E-state index is 6.90. The topological polar surface area (TPSA) is 15.7 Å². The summed E-state index contributed by atoms with van der Waals surface area (Å²) in [5.41, 5.74) is 13.7. The molecule has 4 heteroatoms. The first-order chi connectivity index (χ1) is 21.1. The van der Waals surface area contributed by atoms with E-state index in [2.05, 4.69) is 158 Å². The van der Waals surface area contributed by atoms with Crippen LogP contribution in [0.15, 0.2) is 144 Å². The number of nitrogens with zero attached hydrogens (tertiary/aromatic N) is 2. The van der Waals surface area contributed by atoms with Gasteiger partial charge in [-0.25, -0.2) is 0 Å². The quantitative estimate of drug-likeness (QED) is 0.206. The zero-order chi connectivity index (χ0) is 29.1. The molecule has 0 spiro atoms. The Hall–Kier alpha value is -4.96. The Morgan fingerprint density at radius 3 is 2.09 bits per heavy atom. The van der Waals surface area contributed by atoms with Gasteiger partial charge < -0.3 is 14.5 Å². The van der Waals surface area contributed by atoms with Crippen LogP contribution < -0.4 is 25.5 Å². The van der Waals surface area contributed by atoms with Crippen molar-refractivity contribution in [3.8, 4) is 5.75 Å². The molecule has 1 aliphatic carbocycles. The second-order valence-electron chi connectivity index (χ2n) is 12.0. The smallest absolute Gasteiger partial charge is 0.252 e. The number of benzene rings is 5. The van der Waals surface area contributed by atoms with Gasteiger partial charge in [0.05, 0.1) is 0 Å². The molecule has 0 bridgehead atoms. The highest BCUT2D eigenvalue weighted by atomic mass is 16.5. The van der Waals surface area contributed by atoms with Crippen LogP contribution in [-0.4, -0.2) is 6.71 Å². The minimum atomic E-state index is 0.140. The third kappa shape index (κ3) is 4.20. The molecule has 5 aromatic carbocycles. The molecule has 1 unspecified atom stereocenters. The van der Waals surface area contributed by atoms with Crippen LogP contribution >= 0.6 is 0 Å². The van der Waals surface area contributed by atoms with Crippen molar-refractivity contribution in [3.05, 3.63) is 155 Å². The van der Waals surface area contributed by atoms with Crippen LogP contribution in [0.5, 0.6) is 5.75 Å². The lowest BCUT2D eigenvalue weighted by atomic mass is 9.31. The second kappa shape index (κ2) is 10.1. The van der Waals surface area contributed by atoms with Gasteiger partial charge in [-0.2, -0.15) is 0 Å². The van der Waals surface area contributed by atoms with Crippen LogP contribution in [0.2, 0.25) is 0 Å². The summed E-state index contributed by atoms with van der Waals surface area (Å²) in [5, 5.41) is 0. The number of para-hydroxylation sites is 2. The number of hydrogen-bond acceptors (Lipinski definition) is 3. The molecule has 0 amide bonds. The summed E-state index contributed by atoms with van der Waals surface area (Å²) in [6.07, 6.45) is 3.22. The molecule has 0 N–H and O–H groups in total. The van der Waals surface area contributed by atoms with E-state index >= 15 is 0 Å². The van der Waals surface area contributed by atoms with E-state index in [9.17, 15) is 0 Å². The van der Waals surface area contributed by atoms with Crippen molar-refractivity contribution in [1.82, 2.24) is 0 Å². The van der Waals surface area contributed by atoms with Gasteiger partial charge in [0.2, 0.25) is 0 Å². The Morgan fingerprint density at radius 2 is 1.40 bits per heavy atom. The van der Waals surface area contributed by atoms with Crippen LogP contribution in [0, 0.1) is 19.8 Å². The van der Waals surface area contributed by atoms with E-state index in [4.69, 9.17) is 4.74 Å². The SMILES string of the molecule is Cc1ccc(N2c3ccc(C)cc3B3C4=C(C=C(N(c5ccccc5)c5ccccc5)CC4C)Oc4cccc2c43)cc1. The van der Waals surface area contributed by atoms with Crippen molar-refractivity contribution in [2.45, 2.75) is 27.2 Å². The fourth-order valence-corrected chi connectivity index (χ4v) is 7.18. The van der Waals surface area contributed by atoms with E-state index in [1.807, 2.05) is 0 Å². The van der Waals surface area contributed by atoms with Gasteiger partial charge in [-0.1, -0.05) is 84.8 Å². The maximum Gasteiger partial charge on any atom is 0.252 e. The summed E-state index contributed by atoms with van der Waals surface area (Å²) in [7, 11) is 0. The lowest BCUT2D eigenvalue weighted by Crippen LogP contribution is -2.55. The molecule has 208 valence electrons. The summed E-state index contributed by atoms with van der Waals surface area (Å²) in [6.45, 7) is 6.85. The lowest BCUT2D eigenvalue weighted by Gasteiger charge is -2.43. The summed E-state index contributed by atoms with van der Waals surface area (Å²) >= 11 is 0. The van der Waals surface area contributed by atoms with Gasteiger partial charge in [0.1, 0.15) is 11.5 Å². The molecule has 0 fully saturated rings. The number of hydrogen-bond donors (Lipinski definition) is 0. The minimum Gasteiger partial charge on any atom is -0.459 e. The Balaban J connectivity index is 1.32. The molecule has 0 aromatic heterocycles. The van der Waals surface area contributed by atoms with Crippen molar-refractivity contribution < 1.29 is 4.74 Å². The van der Waals surface area contributed by atoms with Crippen molar-refractivity contribution >= 4 is 46.1 Å². The van der Waals surface area contributed by atoms with Crippen molar-refractivity contribution in [3.63, 3.8) is 0 Å². The maximum absolute atomic E-state index is 6.90. The Morgan fingerprint density at radius 1 is 0.721 bits per heavy atom. The van der Waals surface area contributed by atoms with Gasteiger partial charge in [-0.3, -0.25) is 0 Å². The number of aryl methyl sites for hydroxylation is 2. The van der Waals surface area contributed by atoms with E-state index in [0.29, 0.717) is 0 Å².